The second kappa shape index (κ2) is 6.90. The number of ether oxygens (including phenoxy) is 1. The fourth-order valence-electron chi connectivity index (χ4n) is 2.33. The number of benzene rings is 1. The maximum atomic E-state index is 12.3. The SMILES string of the molecule is CCCn1nc(-c2cc(C)ccc2OC)cc(CC#N)c1=O. The van der Waals surface area contributed by atoms with Gasteiger partial charge in [0.05, 0.1) is 25.3 Å². The van der Waals surface area contributed by atoms with E-state index in [2.05, 4.69) is 5.10 Å². The number of aryl methyl sites for hydroxylation is 2. The van der Waals surface area contributed by atoms with Crippen LogP contribution in [0.25, 0.3) is 11.3 Å². The summed E-state index contributed by atoms with van der Waals surface area (Å²) >= 11 is 0. The predicted molar refractivity (Wildman–Crippen MR) is 84.8 cm³/mol. The van der Waals surface area contributed by atoms with Crippen LogP contribution in [0.3, 0.4) is 0 Å². The van der Waals surface area contributed by atoms with Gasteiger partial charge in [-0.15, -0.1) is 0 Å². The van der Waals surface area contributed by atoms with E-state index in [1.165, 1.54) is 4.68 Å². The molecule has 2 aromatic rings. The van der Waals surface area contributed by atoms with Crippen molar-refractivity contribution in [2.75, 3.05) is 7.11 Å². The number of hydrogen-bond donors (Lipinski definition) is 0. The Hall–Kier alpha value is -2.61. The van der Waals surface area contributed by atoms with Crippen molar-refractivity contribution in [1.82, 2.24) is 9.78 Å². The van der Waals surface area contributed by atoms with Gasteiger partial charge in [-0.3, -0.25) is 4.79 Å². The van der Waals surface area contributed by atoms with Crippen molar-refractivity contribution < 1.29 is 4.74 Å². The first-order valence-electron chi connectivity index (χ1n) is 7.23. The molecule has 0 N–H and O–H groups in total. The van der Waals surface area contributed by atoms with Gasteiger partial charge in [-0.2, -0.15) is 10.4 Å². The van der Waals surface area contributed by atoms with E-state index in [0.29, 0.717) is 23.6 Å². The standard InChI is InChI=1S/C17H19N3O2/c1-4-9-20-17(21)13(7-8-18)11-15(19-20)14-10-12(2)5-6-16(14)22-3/h5-6,10-11H,4,7,9H2,1-3H3. The molecule has 5 nitrogen and oxygen atoms in total. The summed E-state index contributed by atoms with van der Waals surface area (Å²) in [7, 11) is 1.60. The Bertz CT molecular complexity index is 772. The van der Waals surface area contributed by atoms with Gasteiger partial charge in [-0.05, 0) is 31.5 Å². The second-order valence-electron chi connectivity index (χ2n) is 5.12. The van der Waals surface area contributed by atoms with Crippen LogP contribution >= 0.6 is 0 Å². The lowest BCUT2D eigenvalue weighted by Crippen LogP contribution is -2.26. The molecule has 0 amide bonds. The van der Waals surface area contributed by atoms with Crippen LogP contribution in [0, 0.1) is 18.3 Å². The van der Waals surface area contributed by atoms with Crippen LogP contribution in [0.1, 0.15) is 24.5 Å². The second-order valence-corrected chi connectivity index (χ2v) is 5.12. The number of hydrogen-bond acceptors (Lipinski definition) is 4. The van der Waals surface area contributed by atoms with E-state index in [0.717, 1.165) is 17.5 Å². The molecule has 0 aliphatic rings. The summed E-state index contributed by atoms with van der Waals surface area (Å²) < 4.78 is 6.83. The molecule has 0 spiro atoms. The monoisotopic (exact) mass is 297 g/mol. The first-order valence-corrected chi connectivity index (χ1v) is 7.23. The van der Waals surface area contributed by atoms with Gasteiger partial charge in [-0.25, -0.2) is 4.68 Å². The highest BCUT2D eigenvalue weighted by Crippen LogP contribution is 2.29. The Balaban J connectivity index is 2.67. The fourth-order valence-corrected chi connectivity index (χ4v) is 2.33. The Morgan fingerprint density at radius 3 is 2.77 bits per heavy atom. The minimum atomic E-state index is -0.196. The summed E-state index contributed by atoms with van der Waals surface area (Å²) in [4.78, 5) is 12.3. The molecule has 0 aliphatic heterocycles. The molecular weight excluding hydrogens is 278 g/mol. The van der Waals surface area contributed by atoms with Crippen LogP contribution < -0.4 is 10.3 Å². The molecule has 0 bridgehead atoms. The Morgan fingerprint density at radius 1 is 1.36 bits per heavy atom. The molecule has 114 valence electrons. The zero-order valence-electron chi connectivity index (χ0n) is 13.1. The van der Waals surface area contributed by atoms with Gasteiger partial charge in [-0.1, -0.05) is 18.6 Å². The lowest BCUT2D eigenvalue weighted by molar-refractivity contribution is 0.416. The highest BCUT2D eigenvalue weighted by atomic mass is 16.5. The summed E-state index contributed by atoms with van der Waals surface area (Å²) in [6.45, 7) is 4.50. The number of rotatable bonds is 5. The van der Waals surface area contributed by atoms with Gasteiger partial charge in [0, 0.05) is 17.7 Å². The zero-order chi connectivity index (χ0) is 16.1. The van der Waals surface area contributed by atoms with Crippen LogP contribution in [0.4, 0.5) is 0 Å². The highest BCUT2D eigenvalue weighted by Gasteiger charge is 2.13. The third-order valence-electron chi connectivity index (χ3n) is 3.38. The van der Waals surface area contributed by atoms with Crippen LogP contribution in [0.5, 0.6) is 5.75 Å². The predicted octanol–water partition coefficient (Wildman–Crippen LogP) is 2.70. The average Bonchev–Trinajstić information content (AvgIpc) is 2.51. The minimum Gasteiger partial charge on any atom is -0.496 e. The quantitative estimate of drug-likeness (QED) is 0.851. The van der Waals surface area contributed by atoms with E-state index < -0.39 is 0 Å². The van der Waals surface area contributed by atoms with E-state index >= 15 is 0 Å². The molecule has 0 unspecified atom stereocenters. The van der Waals surface area contributed by atoms with Crippen LogP contribution in [-0.2, 0) is 13.0 Å². The van der Waals surface area contributed by atoms with Gasteiger partial charge >= 0.3 is 0 Å². The van der Waals surface area contributed by atoms with Crippen molar-refractivity contribution in [3.05, 3.63) is 45.7 Å². The molecule has 0 fully saturated rings. The van der Waals surface area contributed by atoms with E-state index in [1.54, 1.807) is 13.2 Å². The summed E-state index contributed by atoms with van der Waals surface area (Å²) in [6, 6.07) is 9.54. The normalized spacial score (nSPS) is 10.3. The Morgan fingerprint density at radius 2 is 2.14 bits per heavy atom. The minimum absolute atomic E-state index is 0.0756. The molecule has 0 atom stereocenters. The molecule has 1 heterocycles. The van der Waals surface area contributed by atoms with Gasteiger partial charge in [0.25, 0.3) is 5.56 Å². The van der Waals surface area contributed by atoms with Crippen molar-refractivity contribution in [2.45, 2.75) is 33.2 Å². The number of nitriles is 1. The molecule has 5 heteroatoms. The number of aromatic nitrogens is 2. The van der Waals surface area contributed by atoms with Crippen molar-refractivity contribution in [1.29, 1.82) is 5.26 Å². The van der Waals surface area contributed by atoms with Crippen molar-refractivity contribution in [2.24, 2.45) is 0 Å². The molecule has 1 aromatic heterocycles. The van der Waals surface area contributed by atoms with Gasteiger partial charge in [0.1, 0.15) is 5.75 Å². The van der Waals surface area contributed by atoms with E-state index in [1.807, 2.05) is 38.1 Å². The maximum Gasteiger partial charge on any atom is 0.271 e. The van der Waals surface area contributed by atoms with Gasteiger partial charge in [0.2, 0.25) is 0 Å². The number of nitrogens with zero attached hydrogens (tertiary/aromatic N) is 3. The summed E-state index contributed by atoms with van der Waals surface area (Å²) in [5, 5.41) is 13.4. The highest BCUT2D eigenvalue weighted by molar-refractivity contribution is 5.68. The van der Waals surface area contributed by atoms with E-state index in [4.69, 9.17) is 10.00 Å². The smallest absolute Gasteiger partial charge is 0.271 e. The van der Waals surface area contributed by atoms with Crippen molar-refractivity contribution >= 4 is 0 Å². The van der Waals surface area contributed by atoms with Gasteiger partial charge in [0.15, 0.2) is 0 Å². The molecule has 0 aliphatic carbocycles. The molecule has 2 rings (SSSR count). The van der Waals surface area contributed by atoms with Crippen LogP contribution in [0.2, 0.25) is 0 Å². The van der Waals surface area contributed by atoms with Crippen molar-refractivity contribution in [3.63, 3.8) is 0 Å². The van der Waals surface area contributed by atoms with E-state index in [-0.39, 0.29) is 12.0 Å². The largest absolute Gasteiger partial charge is 0.496 e. The third-order valence-corrected chi connectivity index (χ3v) is 3.38. The van der Waals surface area contributed by atoms with Crippen LogP contribution in [-0.4, -0.2) is 16.9 Å². The van der Waals surface area contributed by atoms with Crippen LogP contribution in [0.15, 0.2) is 29.1 Å². The first-order chi connectivity index (χ1) is 10.6. The van der Waals surface area contributed by atoms with E-state index in [9.17, 15) is 4.79 Å². The molecule has 1 aromatic carbocycles. The summed E-state index contributed by atoms with van der Waals surface area (Å²) in [6.07, 6.45) is 0.875. The van der Waals surface area contributed by atoms with Crippen molar-refractivity contribution in [3.8, 4) is 23.1 Å². The first kappa shape index (κ1) is 15.8. The molecule has 0 saturated heterocycles. The summed E-state index contributed by atoms with van der Waals surface area (Å²) in [5.41, 5.74) is 2.82. The Labute approximate surface area is 129 Å². The Kier molecular flexibility index (Phi) is 4.95. The topological polar surface area (TPSA) is 67.9 Å². The summed E-state index contributed by atoms with van der Waals surface area (Å²) in [5.74, 6) is 0.697. The molecule has 0 saturated carbocycles. The zero-order valence-corrected chi connectivity index (χ0v) is 13.1. The number of methoxy groups -OCH3 is 1. The molecule has 22 heavy (non-hydrogen) atoms. The molecule has 0 radical (unpaired) electrons. The lowest BCUT2D eigenvalue weighted by Gasteiger charge is -2.12. The third kappa shape index (κ3) is 3.17. The lowest BCUT2D eigenvalue weighted by atomic mass is 10.1. The molecular formula is C17H19N3O2. The average molecular weight is 297 g/mol. The maximum absolute atomic E-state index is 12.3. The fraction of sp³-hybridized carbons (Fsp3) is 0.353. The van der Waals surface area contributed by atoms with Gasteiger partial charge < -0.3 is 4.74 Å².